The molecule has 1 heterocycles. The number of ether oxygens (including phenoxy) is 2. The molecule has 8 heteroatoms. The minimum atomic E-state index is -3.82. The molecule has 0 aromatic heterocycles. The van der Waals surface area contributed by atoms with Crippen LogP contribution in [0.5, 0.6) is 11.5 Å². The van der Waals surface area contributed by atoms with Crippen molar-refractivity contribution in [3.05, 3.63) is 42.0 Å². The van der Waals surface area contributed by atoms with Crippen LogP contribution in [-0.4, -0.2) is 35.1 Å². The Hall–Kier alpha value is -2.74. The van der Waals surface area contributed by atoms with Gasteiger partial charge in [-0.05, 0) is 55.2 Å². The highest BCUT2D eigenvalue weighted by atomic mass is 32.2. The van der Waals surface area contributed by atoms with Gasteiger partial charge >= 0.3 is 0 Å². The van der Waals surface area contributed by atoms with Crippen LogP contribution in [-0.2, 0) is 21.2 Å². The smallest absolute Gasteiger partial charge is 0.262 e. The summed E-state index contributed by atoms with van der Waals surface area (Å²) in [6.07, 6.45) is 2.55. The summed E-state index contributed by atoms with van der Waals surface area (Å²) in [5.74, 6) is 1.19. The van der Waals surface area contributed by atoms with Crippen molar-refractivity contribution in [1.82, 2.24) is 0 Å². The van der Waals surface area contributed by atoms with Gasteiger partial charge in [0.1, 0.15) is 11.5 Å². The molecule has 2 aliphatic rings. The molecule has 7 nitrogen and oxygen atoms in total. The lowest BCUT2D eigenvalue weighted by Gasteiger charge is -2.17. The van der Waals surface area contributed by atoms with Gasteiger partial charge < -0.3 is 14.4 Å². The van der Waals surface area contributed by atoms with E-state index >= 15 is 0 Å². The van der Waals surface area contributed by atoms with Crippen molar-refractivity contribution < 1.29 is 22.7 Å². The molecular weight excluding hydrogens is 380 g/mol. The summed E-state index contributed by atoms with van der Waals surface area (Å²) in [5.41, 5.74) is 1.98. The summed E-state index contributed by atoms with van der Waals surface area (Å²) in [6, 6.07) is 9.80. The first kappa shape index (κ1) is 18.6. The average Bonchev–Trinajstić information content (AvgIpc) is 3.46. The summed E-state index contributed by atoms with van der Waals surface area (Å²) in [4.78, 5) is 14.3. The Labute approximate surface area is 164 Å². The second-order valence-electron chi connectivity index (χ2n) is 6.98. The lowest BCUT2D eigenvalue weighted by Crippen LogP contribution is -2.30. The Kier molecular flexibility index (Phi) is 4.66. The van der Waals surface area contributed by atoms with Gasteiger partial charge in [-0.15, -0.1) is 0 Å². The van der Waals surface area contributed by atoms with Crippen LogP contribution in [0.3, 0.4) is 0 Å². The van der Waals surface area contributed by atoms with Crippen LogP contribution in [0.1, 0.15) is 18.4 Å². The highest BCUT2D eigenvalue weighted by molar-refractivity contribution is 7.92. The van der Waals surface area contributed by atoms with Gasteiger partial charge in [0, 0.05) is 24.2 Å². The Bertz CT molecular complexity index is 1030. The average molecular weight is 402 g/mol. The summed E-state index contributed by atoms with van der Waals surface area (Å²) in [5, 5.41) is 0. The first-order chi connectivity index (χ1) is 13.4. The molecule has 1 aliphatic heterocycles. The van der Waals surface area contributed by atoms with Crippen LogP contribution in [0.25, 0.3) is 0 Å². The zero-order chi connectivity index (χ0) is 19.9. The number of hydrogen-bond acceptors (Lipinski definition) is 5. The molecule has 0 radical (unpaired) electrons. The third-order valence-corrected chi connectivity index (χ3v) is 6.46. The van der Waals surface area contributed by atoms with E-state index in [1.807, 2.05) is 0 Å². The van der Waals surface area contributed by atoms with Gasteiger partial charge in [-0.25, -0.2) is 8.42 Å². The topological polar surface area (TPSA) is 84.9 Å². The van der Waals surface area contributed by atoms with E-state index in [1.165, 1.54) is 20.3 Å². The third-order valence-electron chi connectivity index (χ3n) is 5.10. The fourth-order valence-corrected chi connectivity index (χ4v) is 4.53. The summed E-state index contributed by atoms with van der Waals surface area (Å²) >= 11 is 0. The van der Waals surface area contributed by atoms with Gasteiger partial charge in [-0.3, -0.25) is 9.52 Å². The summed E-state index contributed by atoms with van der Waals surface area (Å²) in [6.45, 7) is 0.602. The van der Waals surface area contributed by atoms with Crippen molar-refractivity contribution in [1.29, 1.82) is 0 Å². The number of nitrogens with zero attached hydrogens (tertiary/aromatic N) is 1. The molecule has 1 saturated carbocycles. The van der Waals surface area contributed by atoms with Gasteiger partial charge in [0.25, 0.3) is 10.0 Å². The normalized spacial score (nSPS) is 15.9. The maximum absolute atomic E-state index is 12.9. The number of hydrogen-bond donors (Lipinski definition) is 1. The minimum Gasteiger partial charge on any atom is -0.497 e. The molecule has 148 valence electrons. The van der Waals surface area contributed by atoms with Gasteiger partial charge in [-0.2, -0.15) is 0 Å². The molecule has 0 atom stereocenters. The van der Waals surface area contributed by atoms with Crippen molar-refractivity contribution >= 4 is 27.3 Å². The van der Waals surface area contributed by atoms with E-state index in [0.717, 1.165) is 24.1 Å². The van der Waals surface area contributed by atoms with Crippen molar-refractivity contribution in [2.75, 3.05) is 30.4 Å². The highest BCUT2D eigenvalue weighted by Crippen LogP contribution is 2.37. The molecule has 2 aromatic rings. The van der Waals surface area contributed by atoms with Crippen molar-refractivity contribution in [2.45, 2.75) is 24.2 Å². The largest absolute Gasteiger partial charge is 0.497 e. The maximum atomic E-state index is 12.9. The standard InChI is InChI=1S/C20H22N2O5S/c1-26-15-5-8-19(27-2)17(12-15)21-28(24,25)16-6-7-18-14(11-16)9-10-22(18)20(23)13-3-4-13/h5-8,11-13,21H,3-4,9-10H2,1-2H3. The monoisotopic (exact) mass is 402 g/mol. The van der Waals surface area contributed by atoms with Crippen LogP contribution in [0.4, 0.5) is 11.4 Å². The van der Waals surface area contributed by atoms with Crippen LogP contribution in [0, 0.1) is 5.92 Å². The number of sulfonamides is 1. The molecule has 0 unspecified atom stereocenters. The predicted octanol–water partition coefficient (Wildman–Crippen LogP) is 2.80. The molecule has 0 spiro atoms. The number of anilines is 2. The molecule has 0 bridgehead atoms. The number of carbonyl (C=O) groups excluding carboxylic acids is 1. The van der Waals surface area contributed by atoms with E-state index in [-0.39, 0.29) is 16.7 Å². The quantitative estimate of drug-likeness (QED) is 0.803. The first-order valence-electron chi connectivity index (χ1n) is 9.12. The Morgan fingerprint density at radius 1 is 1.11 bits per heavy atom. The van der Waals surface area contributed by atoms with Crippen molar-refractivity contribution in [2.24, 2.45) is 5.92 Å². The SMILES string of the molecule is COc1ccc(OC)c(NS(=O)(=O)c2ccc3c(c2)CCN3C(=O)C2CC2)c1. The number of carbonyl (C=O) groups is 1. The lowest BCUT2D eigenvalue weighted by molar-refractivity contribution is -0.119. The van der Waals surface area contributed by atoms with E-state index in [9.17, 15) is 13.2 Å². The Morgan fingerprint density at radius 2 is 1.89 bits per heavy atom. The number of fused-ring (bicyclic) bond motifs is 1. The molecule has 1 amide bonds. The second-order valence-corrected chi connectivity index (χ2v) is 8.66. The third kappa shape index (κ3) is 3.40. The lowest BCUT2D eigenvalue weighted by atomic mass is 10.2. The molecule has 4 rings (SSSR count). The van der Waals surface area contributed by atoms with Crippen molar-refractivity contribution in [3.8, 4) is 11.5 Å². The first-order valence-corrected chi connectivity index (χ1v) is 10.6. The zero-order valence-electron chi connectivity index (χ0n) is 15.8. The maximum Gasteiger partial charge on any atom is 0.262 e. The van der Waals surface area contributed by atoms with Crippen LogP contribution in [0.15, 0.2) is 41.3 Å². The van der Waals surface area contributed by atoms with Gasteiger partial charge in [-0.1, -0.05) is 0 Å². The Balaban J connectivity index is 1.61. The number of nitrogens with one attached hydrogen (secondary N) is 1. The van der Waals surface area contributed by atoms with Crippen LogP contribution >= 0.6 is 0 Å². The number of methoxy groups -OCH3 is 2. The molecule has 1 fully saturated rings. The molecule has 28 heavy (non-hydrogen) atoms. The van der Waals surface area contributed by atoms with E-state index in [1.54, 1.807) is 35.2 Å². The molecule has 2 aromatic carbocycles. The minimum absolute atomic E-state index is 0.136. The number of benzene rings is 2. The summed E-state index contributed by atoms with van der Waals surface area (Å²) in [7, 11) is -0.841. The van der Waals surface area contributed by atoms with E-state index in [4.69, 9.17) is 9.47 Å². The van der Waals surface area contributed by atoms with Gasteiger partial charge in [0.15, 0.2) is 0 Å². The highest BCUT2D eigenvalue weighted by Gasteiger charge is 2.36. The van der Waals surface area contributed by atoms with Gasteiger partial charge in [0.2, 0.25) is 5.91 Å². The van der Waals surface area contributed by atoms with Gasteiger partial charge in [0.05, 0.1) is 24.8 Å². The number of amides is 1. The van der Waals surface area contributed by atoms with E-state index in [0.29, 0.717) is 30.2 Å². The van der Waals surface area contributed by atoms with Crippen LogP contribution in [0.2, 0.25) is 0 Å². The molecule has 0 saturated heterocycles. The van der Waals surface area contributed by atoms with Crippen LogP contribution < -0.4 is 19.1 Å². The Morgan fingerprint density at radius 3 is 2.57 bits per heavy atom. The zero-order valence-corrected chi connectivity index (χ0v) is 16.6. The fraction of sp³-hybridized carbons (Fsp3) is 0.350. The molecule has 1 aliphatic carbocycles. The molecule has 1 N–H and O–H groups in total. The predicted molar refractivity (Wildman–Crippen MR) is 106 cm³/mol. The van der Waals surface area contributed by atoms with E-state index in [2.05, 4.69) is 4.72 Å². The summed E-state index contributed by atoms with van der Waals surface area (Å²) < 4.78 is 38.8. The van der Waals surface area contributed by atoms with Crippen molar-refractivity contribution in [3.63, 3.8) is 0 Å². The fourth-order valence-electron chi connectivity index (χ4n) is 3.42. The van der Waals surface area contributed by atoms with E-state index < -0.39 is 10.0 Å². The molecular formula is C20H22N2O5S. The second kappa shape index (κ2) is 7.01. The number of rotatable bonds is 6.